The predicted molar refractivity (Wildman–Crippen MR) is 138 cm³/mol. The van der Waals surface area contributed by atoms with Crippen LogP contribution in [-0.2, 0) is 16.2 Å². The number of nitrogens with one attached hydrogen (secondary N) is 1. The fourth-order valence-electron chi connectivity index (χ4n) is 3.61. The predicted octanol–water partition coefficient (Wildman–Crippen LogP) is 4.26. The van der Waals surface area contributed by atoms with Crippen molar-refractivity contribution in [3.05, 3.63) is 89.0 Å². The fraction of sp³-hybridized carbons (Fsp3) is 0.138. The number of amides is 4. The van der Waals surface area contributed by atoms with E-state index in [1.54, 1.807) is 42.5 Å². The number of imide groups is 2. The first-order valence-corrected chi connectivity index (χ1v) is 11.3. The molecule has 186 valence electrons. The molecule has 1 aliphatic heterocycles. The van der Waals surface area contributed by atoms with E-state index < -0.39 is 17.8 Å². The van der Waals surface area contributed by atoms with Crippen molar-refractivity contribution in [1.82, 2.24) is 5.32 Å². The highest BCUT2D eigenvalue weighted by atomic mass is 16.5. The Morgan fingerprint density at radius 2 is 1.68 bits per heavy atom. The van der Waals surface area contributed by atoms with Crippen LogP contribution in [0.4, 0.5) is 10.5 Å². The summed E-state index contributed by atoms with van der Waals surface area (Å²) in [6.07, 6.45) is 6.61. The van der Waals surface area contributed by atoms with Gasteiger partial charge in [-0.25, -0.2) is 9.69 Å². The maximum atomic E-state index is 13.2. The average Bonchev–Trinajstić information content (AvgIpc) is 2.90. The number of barbiturate groups is 1. The maximum Gasteiger partial charge on any atom is 0.335 e. The van der Waals surface area contributed by atoms with Crippen LogP contribution < -0.4 is 24.4 Å². The van der Waals surface area contributed by atoms with Crippen LogP contribution in [-0.4, -0.2) is 31.6 Å². The summed E-state index contributed by atoms with van der Waals surface area (Å²) in [4.78, 5) is 39.2. The number of rotatable bonds is 8. The first-order valence-electron chi connectivity index (χ1n) is 11.3. The molecule has 4 rings (SSSR count). The zero-order chi connectivity index (χ0) is 26.4. The molecular formula is C29H24N2O6. The molecule has 3 aromatic carbocycles. The number of urea groups is 1. The Kier molecular flexibility index (Phi) is 7.55. The minimum Gasteiger partial charge on any atom is -0.493 e. The van der Waals surface area contributed by atoms with Crippen LogP contribution in [0.1, 0.15) is 16.7 Å². The zero-order valence-electron chi connectivity index (χ0n) is 20.3. The van der Waals surface area contributed by atoms with Crippen LogP contribution in [0.15, 0.2) is 72.3 Å². The third-order valence-electron chi connectivity index (χ3n) is 5.53. The number of aryl methyl sites for hydroxylation is 1. The Hall–Kier alpha value is -5.03. The molecule has 0 aliphatic carbocycles. The van der Waals surface area contributed by atoms with Gasteiger partial charge in [0.25, 0.3) is 11.8 Å². The summed E-state index contributed by atoms with van der Waals surface area (Å²) in [6, 6.07) is 18.5. The standard InChI is InChI=1S/C29H24N2O6/c1-4-15-36-25-14-9-21(17-26(25)35-3)16-24-27(32)30-29(34)31(28(24)33)22-10-12-23(13-11-22)37-18-20-7-5-19(2)6-8-20/h1,5-14,16-17H,15,18H2,2-3H3,(H,30,32,34)/b24-16+. The van der Waals surface area contributed by atoms with Gasteiger partial charge in [0.05, 0.1) is 12.8 Å². The van der Waals surface area contributed by atoms with Gasteiger partial charge in [0, 0.05) is 0 Å². The number of nitrogens with zero attached hydrogens (tertiary/aromatic N) is 1. The van der Waals surface area contributed by atoms with E-state index in [1.807, 2.05) is 31.2 Å². The first kappa shape index (κ1) is 25.1. The quantitative estimate of drug-likeness (QED) is 0.285. The van der Waals surface area contributed by atoms with Crippen LogP contribution >= 0.6 is 0 Å². The Balaban J connectivity index is 1.53. The topological polar surface area (TPSA) is 94.2 Å². The van der Waals surface area contributed by atoms with Gasteiger partial charge in [0.1, 0.15) is 24.5 Å². The van der Waals surface area contributed by atoms with Crippen LogP contribution in [0, 0.1) is 19.3 Å². The summed E-state index contributed by atoms with van der Waals surface area (Å²) in [5.74, 6) is 2.19. The summed E-state index contributed by atoms with van der Waals surface area (Å²) in [5.41, 5.74) is 2.76. The molecule has 1 saturated heterocycles. The molecule has 37 heavy (non-hydrogen) atoms. The van der Waals surface area contributed by atoms with Crippen molar-refractivity contribution >= 4 is 29.6 Å². The molecule has 3 aromatic rings. The normalized spacial score (nSPS) is 14.2. The Bertz CT molecular complexity index is 1400. The van der Waals surface area contributed by atoms with E-state index in [0.717, 1.165) is 16.0 Å². The number of carbonyl (C=O) groups excluding carboxylic acids is 3. The Labute approximate surface area is 214 Å². The molecule has 0 aromatic heterocycles. The molecule has 0 radical (unpaired) electrons. The van der Waals surface area contributed by atoms with Gasteiger partial charge in [0.2, 0.25) is 0 Å². The largest absolute Gasteiger partial charge is 0.493 e. The van der Waals surface area contributed by atoms with Gasteiger partial charge in [-0.2, -0.15) is 0 Å². The number of ether oxygens (including phenoxy) is 3. The van der Waals surface area contributed by atoms with Crippen molar-refractivity contribution in [2.75, 3.05) is 18.6 Å². The molecule has 0 spiro atoms. The third-order valence-corrected chi connectivity index (χ3v) is 5.53. The van der Waals surface area contributed by atoms with Crippen LogP contribution in [0.25, 0.3) is 6.08 Å². The second-order valence-electron chi connectivity index (χ2n) is 8.13. The summed E-state index contributed by atoms with van der Waals surface area (Å²) in [6.45, 7) is 2.45. The summed E-state index contributed by atoms with van der Waals surface area (Å²) in [5, 5.41) is 2.21. The van der Waals surface area contributed by atoms with E-state index in [4.69, 9.17) is 20.6 Å². The number of anilines is 1. The molecule has 8 nitrogen and oxygen atoms in total. The van der Waals surface area contributed by atoms with Crippen LogP contribution in [0.2, 0.25) is 0 Å². The molecule has 0 unspecified atom stereocenters. The van der Waals surface area contributed by atoms with E-state index in [2.05, 4.69) is 11.2 Å². The van der Waals surface area contributed by atoms with Gasteiger partial charge in [-0.15, -0.1) is 6.42 Å². The monoisotopic (exact) mass is 496 g/mol. The van der Waals surface area contributed by atoms with Gasteiger partial charge in [-0.3, -0.25) is 14.9 Å². The van der Waals surface area contributed by atoms with Crippen LogP contribution in [0.5, 0.6) is 17.2 Å². The van der Waals surface area contributed by atoms with Crippen LogP contribution in [0.3, 0.4) is 0 Å². The molecule has 0 atom stereocenters. The molecule has 4 amide bonds. The average molecular weight is 497 g/mol. The van der Waals surface area contributed by atoms with Crippen molar-refractivity contribution in [2.24, 2.45) is 0 Å². The van der Waals surface area contributed by atoms with Crippen molar-refractivity contribution in [2.45, 2.75) is 13.5 Å². The number of carbonyl (C=O) groups is 3. The van der Waals surface area contributed by atoms with Crippen molar-refractivity contribution in [3.63, 3.8) is 0 Å². The highest BCUT2D eigenvalue weighted by Crippen LogP contribution is 2.30. The first-order chi connectivity index (χ1) is 17.9. The minimum absolute atomic E-state index is 0.0601. The molecule has 1 aliphatic rings. The second kappa shape index (κ2) is 11.1. The summed E-state index contributed by atoms with van der Waals surface area (Å²) >= 11 is 0. The number of hydrogen-bond acceptors (Lipinski definition) is 6. The molecule has 1 fully saturated rings. The zero-order valence-corrected chi connectivity index (χ0v) is 20.3. The molecule has 1 heterocycles. The molecule has 0 bridgehead atoms. The SMILES string of the molecule is C#CCOc1ccc(/C=C2\C(=O)NC(=O)N(c3ccc(OCc4ccc(C)cc4)cc3)C2=O)cc1OC. The van der Waals surface area contributed by atoms with Crippen molar-refractivity contribution < 1.29 is 28.6 Å². The lowest BCUT2D eigenvalue weighted by molar-refractivity contribution is -0.122. The lowest BCUT2D eigenvalue weighted by Gasteiger charge is -2.26. The molecule has 0 saturated carbocycles. The smallest absolute Gasteiger partial charge is 0.335 e. The lowest BCUT2D eigenvalue weighted by Crippen LogP contribution is -2.54. The molecular weight excluding hydrogens is 472 g/mol. The minimum atomic E-state index is -0.837. The Morgan fingerprint density at radius 1 is 0.946 bits per heavy atom. The van der Waals surface area contributed by atoms with Gasteiger partial charge >= 0.3 is 6.03 Å². The van der Waals surface area contributed by atoms with E-state index in [9.17, 15) is 14.4 Å². The van der Waals surface area contributed by atoms with E-state index in [0.29, 0.717) is 35.1 Å². The molecule has 1 N–H and O–H groups in total. The maximum absolute atomic E-state index is 13.2. The third kappa shape index (κ3) is 5.80. The Morgan fingerprint density at radius 3 is 2.35 bits per heavy atom. The highest BCUT2D eigenvalue weighted by molar-refractivity contribution is 6.39. The van der Waals surface area contributed by atoms with E-state index >= 15 is 0 Å². The van der Waals surface area contributed by atoms with Gasteiger partial charge in [-0.1, -0.05) is 41.8 Å². The highest BCUT2D eigenvalue weighted by Gasteiger charge is 2.36. The fourth-order valence-corrected chi connectivity index (χ4v) is 3.61. The van der Waals surface area contributed by atoms with E-state index in [1.165, 1.54) is 13.2 Å². The van der Waals surface area contributed by atoms with E-state index in [-0.39, 0.29) is 12.2 Å². The molecule has 8 heteroatoms. The van der Waals surface area contributed by atoms with Crippen molar-refractivity contribution in [1.29, 1.82) is 0 Å². The van der Waals surface area contributed by atoms with Gasteiger partial charge < -0.3 is 14.2 Å². The summed E-state index contributed by atoms with van der Waals surface area (Å²) < 4.78 is 16.5. The van der Waals surface area contributed by atoms with Gasteiger partial charge in [-0.05, 0) is 60.5 Å². The number of methoxy groups -OCH3 is 1. The summed E-state index contributed by atoms with van der Waals surface area (Å²) in [7, 11) is 1.46. The van der Waals surface area contributed by atoms with Gasteiger partial charge in [0.15, 0.2) is 11.5 Å². The number of hydrogen-bond donors (Lipinski definition) is 1. The number of terminal acetylenes is 1. The lowest BCUT2D eigenvalue weighted by atomic mass is 10.1. The van der Waals surface area contributed by atoms with Crippen molar-refractivity contribution in [3.8, 4) is 29.6 Å². The second-order valence-corrected chi connectivity index (χ2v) is 8.13. The number of benzene rings is 3.